The molecule has 0 radical (unpaired) electrons. The Morgan fingerprint density at radius 2 is 1.75 bits per heavy atom. The summed E-state index contributed by atoms with van der Waals surface area (Å²) in [5.74, 6) is 1.80. The van der Waals surface area contributed by atoms with Crippen molar-refractivity contribution in [2.75, 3.05) is 25.4 Å². The van der Waals surface area contributed by atoms with Gasteiger partial charge in [0.05, 0.1) is 11.7 Å². The number of rotatable bonds is 6. The highest BCUT2D eigenvalue weighted by atomic mass is 32.2. The third kappa shape index (κ3) is 4.98. The molecule has 148 valence electrons. The highest BCUT2D eigenvalue weighted by Gasteiger charge is 2.25. The van der Waals surface area contributed by atoms with Gasteiger partial charge in [0.15, 0.2) is 0 Å². The highest BCUT2D eigenvalue weighted by Crippen LogP contribution is 2.29. The first kappa shape index (κ1) is 19.5. The van der Waals surface area contributed by atoms with Gasteiger partial charge in [-0.3, -0.25) is 4.79 Å². The number of nitrogens with zero attached hydrogens (tertiary/aromatic N) is 1. The molecule has 2 aliphatic rings. The van der Waals surface area contributed by atoms with Crippen LogP contribution in [-0.2, 0) is 11.2 Å². The van der Waals surface area contributed by atoms with Crippen LogP contribution in [0.25, 0.3) is 0 Å². The number of carbonyl (C=O) groups is 1. The fourth-order valence-corrected chi connectivity index (χ4v) is 5.30. The molecule has 0 aromatic heterocycles. The Morgan fingerprint density at radius 1 is 1.00 bits per heavy atom. The molecule has 1 unspecified atom stereocenters. The number of piperidine rings is 1. The van der Waals surface area contributed by atoms with Crippen molar-refractivity contribution < 1.29 is 9.53 Å². The Hall–Kier alpha value is -1.78. The number of amides is 1. The normalized spacial score (nSPS) is 20.4. The van der Waals surface area contributed by atoms with Gasteiger partial charge in [0, 0.05) is 30.3 Å². The average Bonchev–Trinajstić information content (AvgIpc) is 3.27. The summed E-state index contributed by atoms with van der Waals surface area (Å²) in [4.78, 5) is 16.3. The van der Waals surface area contributed by atoms with Crippen LogP contribution in [0.3, 0.4) is 0 Å². The standard InChI is InChI=1S/C24H29NO2S/c26-24(22-10-4-5-11-23(22)28-18-21-9-6-16-27-21)25-14-12-20(13-15-25)17-19-7-2-1-3-8-19/h1-5,7-8,10-11,20-21H,6,9,12-18H2. The number of carbonyl (C=O) groups excluding carboxylic acids is 1. The molecule has 0 saturated carbocycles. The SMILES string of the molecule is O=C(c1ccccc1SCC1CCCO1)N1CCC(Cc2ccccc2)CC1. The van der Waals surface area contributed by atoms with Gasteiger partial charge in [0.2, 0.25) is 0 Å². The summed E-state index contributed by atoms with van der Waals surface area (Å²) in [6, 6.07) is 18.8. The quantitative estimate of drug-likeness (QED) is 0.641. The van der Waals surface area contributed by atoms with Crippen molar-refractivity contribution in [1.29, 1.82) is 0 Å². The molecule has 4 rings (SSSR count). The van der Waals surface area contributed by atoms with Gasteiger partial charge in [-0.2, -0.15) is 0 Å². The molecule has 2 aromatic rings. The van der Waals surface area contributed by atoms with Crippen molar-refractivity contribution in [2.24, 2.45) is 5.92 Å². The van der Waals surface area contributed by atoms with Crippen molar-refractivity contribution in [3.8, 4) is 0 Å². The van der Waals surface area contributed by atoms with Crippen molar-refractivity contribution >= 4 is 17.7 Å². The van der Waals surface area contributed by atoms with Gasteiger partial charge in [-0.15, -0.1) is 11.8 Å². The van der Waals surface area contributed by atoms with Gasteiger partial charge >= 0.3 is 0 Å². The van der Waals surface area contributed by atoms with Crippen LogP contribution in [0.1, 0.15) is 41.6 Å². The van der Waals surface area contributed by atoms with E-state index < -0.39 is 0 Å². The van der Waals surface area contributed by atoms with Gasteiger partial charge in [-0.25, -0.2) is 0 Å². The fraction of sp³-hybridized carbons (Fsp3) is 0.458. The van der Waals surface area contributed by atoms with Crippen LogP contribution in [0.4, 0.5) is 0 Å². The summed E-state index contributed by atoms with van der Waals surface area (Å²) in [5.41, 5.74) is 2.26. The summed E-state index contributed by atoms with van der Waals surface area (Å²) >= 11 is 1.77. The van der Waals surface area contributed by atoms with Crippen molar-refractivity contribution in [3.05, 3.63) is 65.7 Å². The van der Waals surface area contributed by atoms with Crippen LogP contribution >= 0.6 is 11.8 Å². The average molecular weight is 396 g/mol. The zero-order chi connectivity index (χ0) is 19.2. The lowest BCUT2D eigenvalue weighted by Crippen LogP contribution is -2.39. The molecular weight excluding hydrogens is 366 g/mol. The van der Waals surface area contributed by atoms with E-state index in [1.165, 1.54) is 5.56 Å². The minimum absolute atomic E-state index is 0.189. The van der Waals surface area contributed by atoms with E-state index in [1.807, 2.05) is 23.1 Å². The van der Waals surface area contributed by atoms with Crippen molar-refractivity contribution in [2.45, 2.75) is 43.1 Å². The molecule has 2 saturated heterocycles. The predicted molar refractivity (Wildman–Crippen MR) is 115 cm³/mol. The van der Waals surface area contributed by atoms with E-state index in [-0.39, 0.29) is 5.91 Å². The number of benzene rings is 2. The number of thioether (sulfide) groups is 1. The first-order valence-corrected chi connectivity index (χ1v) is 11.4. The maximum absolute atomic E-state index is 13.2. The summed E-state index contributed by atoms with van der Waals surface area (Å²) in [7, 11) is 0. The van der Waals surface area contributed by atoms with Crippen LogP contribution in [0.5, 0.6) is 0 Å². The highest BCUT2D eigenvalue weighted by molar-refractivity contribution is 7.99. The monoisotopic (exact) mass is 395 g/mol. The van der Waals surface area contributed by atoms with E-state index in [9.17, 15) is 4.79 Å². The number of hydrogen-bond donors (Lipinski definition) is 0. The minimum Gasteiger partial charge on any atom is -0.377 e. The molecule has 0 N–H and O–H groups in total. The molecule has 4 heteroatoms. The molecule has 28 heavy (non-hydrogen) atoms. The summed E-state index contributed by atoms with van der Waals surface area (Å²) in [5, 5.41) is 0. The van der Waals surface area contributed by atoms with Crippen molar-refractivity contribution in [3.63, 3.8) is 0 Å². The Balaban J connectivity index is 1.33. The lowest BCUT2D eigenvalue weighted by atomic mass is 9.90. The Morgan fingerprint density at radius 3 is 2.50 bits per heavy atom. The second kappa shape index (κ2) is 9.62. The van der Waals surface area contributed by atoms with Gasteiger partial charge in [-0.05, 0) is 55.7 Å². The van der Waals surface area contributed by atoms with Gasteiger partial charge < -0.3 is 9.64 Å². The van der Waals surface area contributed by atoms with Crippen LogP contribution in [0, 0.1) is 5.92 Å². The Kier molecular flexibility index (Phi) is 6.71. The zero-order valence-corrected chi connectivity index (χ0v) is 17.2. The van der Waals surface area contributed by atoms with E-state index in [4.69, 9.17) is 4.74 Å². The van der Waals surface area contributed by atoms with Crippen LogP contribution in [0.2, 0.25) is 0 Å². The van der Waals surface area contributed by atoms with Crippen LogP contribution in [-0.4, -0.2) is 42.4 Å². The first-order chi connectivity index (χ1) is 13.8. The zero-order valence-electron chi connectivity index (χ0n) is 16.4. The number of likely N-dealkylation sites (tertiary alicyclic amines) is 1. The number of ether oxygens (including phenoxy) is 1. The minimum atomic E-state index is 0.189. The molecule has 1 amide bonds. The van der Waals surface area contributed by atoms with Crippen LogP contribution < -0.4 is 0 Å². The third-order valence-electron chi connectivity index (χ3n) is 5.84. The maximum atomic E-state index is 13.2. The molecule has 2 aliphatic heterocycles. The second-order valence-corrected chi connectivity index (χ2v) is 8.93. The Labute approximate surface area is 172 Å². The largest absolute Gasteiger partial charge is 0.377 e. The van der Waals surface area contributed by atoms with Crippen LogP contribution in [0.15, 0.2) is 59.5 Å². The molecule has 0 bridgehead atoms. The molecule has 0 spiro atoms. The second-order valence-electron chi connectivity index (χ2n) is 7.87. The predicted octanol–water partition coefficient (Wildman–Crippen LogP) is 5.05. The fourth-order valence-electron chi connectivity index (χ4n) is 4.19. The lowest BCUT2D eigenvalue weighted by Gasteiger charge is -2.32. The number of hydrogen-bond acceptors (Lipinski definition) is 3. The van der Waals surface area contributed by atoms with E-state index in [1.54, 1.807) is 11.8 Å². The molecule has 3 nitrogen and oxygen atoms in total. The Bertz CT molecular complexity index is 765. The van der Waals surface area contributed by atoms with E-state index in [0.29, 0.717) is 12.0 Å². The van der Waals surface area contributed by atoms with E-state index in [2.05, 4.69) is 36.4 Å². The van der Waals surface area contributed by atoms with Crippen molar-refractivity contribution in [1.82, 2.24) is 4.90 Å². The van der Waals surface area contributed by atoms with E-state index >= 15 is 0 Å². The molecular formula is C24H29NO2S. The lowest BCUT2D eigenvalue weighted by molar-refractivity contribution is 0.0687. The van der Waals surface area contributed by atoms with Gasteiger partial charge in [-0.1, -0.05) is 42.5 Å². The third-order valence-corrected chi connectivity index (χ3v) is 7.04. The summed E-state index contributed by atoms with van der Waals surface area (Å²) in [6.45, 7) is 2.60. The summed E-state index contributed by atoms with van der Waals surface area (Å²) in [6.07, 6.45) is 5.93. The molecule has 2 heterocycles. The molecule has 1 atom stereocenters. The topological polar surface area (TPSA) is 29.5 Å². The van der Waals surface area contributed by atoms with Gasteiger partial charge in [0.1, 0.15) is 0 Å². The van der Waals surface area contributed by atoms with E-state index in [0.717, 1.165) is 68.0 Å². The molecule has 0 aliphatic carbocycles. The summed E-state index contributed by atoms with van der Waals surface area (Å²) < 4.78 is 5.74. The molecule has 2 fully saturated rings. The molecule has 2 aromatic carbocycles. The smallest absolute Gasteiger partial charge is 0.254 e. The first-order valence-electron chi connectivity index (χ1n) is 10.5. The maximum Gasteiger partial charge on any atom is 0.254 e. The van der Waals surface area contributed by atoms with Gasteiger partial charge in [0.25, 0.3) is 5.91 Å².